The van der Waals surface area contributed by atoms with Crippen molar-refractivity contribution in [2.75, 3.05) is 17.2 Å². The topological polar surface area (TPSA) is 79.3 Å². The average molecular weight is 410 g/mol. The molecule has 3 rings (SSSR count). The minimum atomic E-state index is -0.553. The van der Waals surface area contributed by atoms with Gasteiger partial charge >= 0.3 is 0 Å². The summed E-state index contributed by atoms with van der Waals surface area (Å²) in [4.78, 5) is 8.25. The number of nitrogens with zero attached hydrogens (tertiary/aromatic N) is 2. The molecule has 1 aromatic heterocycles. The first-order valence-electron chi connectivity index (χ1n) is 9.81. The molecule has 0 aliphatic carbocycles. The van der Waals surface area contributed by atoms with Crippen LogP contribution in [0.5, 0.6) is 5.75 Å². The summed E-state index contributed by atoms with van der Waals surface area (Å²) in [6.07, 6.45) is 1.21. The van der Waals surface area contributed by atoms with Crippen LogP contribution in [0.3, 0.4) is 0 Å². The molecule has 1 heterocycles. The minimum absolute atomic E-state index is 0.0560. The quantitative estimate of drug-likeness (QED) is 0.476. The fourth-order valence-electron chi connectivity index (χ4n) is 2.77. The van der Waals surface area contributed by atoms with Crippen molar-refractivity contribution in [2.24, 2.45) is 0 Å². The van der Waals surface area contributed by atoms with Gasteiger partial charge in [-0.15, -0.1) is 0 Å². The van der Waals surface area contributed by atoms with Crippen molar-refractivity contribution in [3.63, 3.8) is 0 Å². The largest absolute Gasteiger partial charge is 0.491 e. The monoisotopic (exact) mass is 410 g/mol. The predicted molar refractivity (Wildman–Crippen MR) is 117 cm³/mol. The van der Waals surface area contributed by atoms with Crippen molar-refractivity contribution in [3.8, 4) is 5.75 Å². The van der Waals surface area contributed by atoms with Crippen molar-refractivity contribution < 1.29 is 14.2 Å². The summed E-state index contributed by atoms with van der Waals surface area (Å²) >= 11 is 0. The number of hydrogen-bond acceptors (Lipinski definition) is 6. The van der Waals surface area contributed by atoms with E-state index < -0.39 is 5.82 Å². The van der Waals surface area contributed by atoms with Gasteiger partial charge in [-0.05, 0) is 55.8 Å². The van der Waals surface area contributed by atoms with E-state index in [0.717, 1.165) is 23.2 Å². The molecule has 0 saturated heterocycles. The summed E-state index contributed by atoms with van der Waals surface area (Å²) in [5.41, 5.74) is 2.14. The molecule has 0 unspecified atom stereocenters. The van der Waals surface area contributed by atoms with E-state index in [9.17, 15) is 9.50 Å². The second kappa shape index (κ2) is 9.09. The number of aliphatic hydroxyl groups excluding tert-OH is 1. The van der Waals surface area contributed by atoms with Gasteiger partial charge < -0.3 is 20.5 Å². The molecule has 0 fully saturated rings. The number of halogens is 1. The first-order valence-corrected chi connectivity index (χ1v) is 9.81. The summed E-state index contributed by atoms with van der Waals surface area (Å²) in [6, 6.07) is 14.8. The second-order valence-electron chi connectivity index (χ2n) is 7.95. The zero-order chi connectivity index (χ0) is 21.7. The number of hydrogen-bond donors (Lipinski definition) is 3. The molecule has 0 amide bonds. The number of rotatable bonds is 8. The maximum Gasteiger partial charge on any atom is 0.229 e. The van der Waals surface area contributed by atoms with E-state index in [1.165, 1.54) is 0 Å². The summed E-state index contributed by atoms with van der Waals surface area (Å²) in [5.74, 6) is 0.535. The molecular weight excluding hydrogens is 383 g/mol. The molecule has 3 aromatic rings. The molecule has 6 nitrogen and oxygen atoms in total. The zero-order valence-corrected chi connectivity index (χ0v) is 17.6. The van der Waals surface area contributed by atoms with Gasteiger partial charge in [0.1, 0.15) is 5.75 Å². The Bertz CT molecular complexity index is 973. The smallest absolute Gasteiger partial charge is 0.229 e. The average Bonchev–Trinajstić information content (AvgIpc) is 2.72. The van der Waals surface area contributed by atoms with Gasteiger partial charge in [0, 0.05) is 16.8 Å². The first-order chi connectivity index (χ1) is 14.3. The lowest BCUT2D eigenvalue weighted by molar-refractivity contribution is 0.218. The summed E-state index contributed by atoms with van der Waals surface area (Å²) in [5, 5.41) is 15.5. The van der Waals surface area contributed by atoms with Crippen LogP contribution in [0.25, 0.3) is 0 Å². The second-order valence-corrected chi connectivity index (χ2v) is 7.95. The van der Waals surface area contributed by atoms with E-state index in [1.807, 2.05) is 64.1 Å². The van der Waals surface area contributed by atoms with Crippen LogP contribution in [0.15, 0.2) is 54.7 Å². The molecule has 0 saturated carbocycles. The van der Waals surface area contributed by atoms with Crippen LogP contribution >= 0.6 is 0 Å². The molecule has 0 spiro atoms. The predicted octanol–water partition coefficient (Wildman–Crippen LogP) is 5.16. The Morgan fingerprint density at radius 1 is 1.00 bits per heavy atom. The highest BCUT2D eigenvalue weighted by Gasteiger charge is 2.19. The van der Waals surface area contributed by atoms with Gasteiger partial charge in [0.05, 0.1) is 18.9 Å². The third kappa shape index (κ3) is 5.45. The van der Waals surface area contributed by atoms with E-state index in [2.05, 4.69) is 20.6 Å². The minimum Gasteiger partial charge on any atom is -0.491 e. The van der Waals surface area contributed by atoms with Gasteiger partial charge in [0.15, 0.2) is 11.6 Å². The number of aromatic nitrogens is 2. The van der Waals surface area contributed by atoms with Crippen LogP contribution in [0, 0.1) is 5.82 Å². The van der Waals surface area contributed by atoms with Gasteiger partial charge in [-0.25, -0.2) is 9.37 Å². The fourth-order valence-corrected chi connectivity index (χ4v) is 2.77. The van der Waals surface area contributed by atoms with Crippen LogP contribution in [0.4, 0.5) is 27.5 Å². The van der Waals surface area contributed by atoms with Crippen molar-refractivity contribution in [1.29, 1.82) is 0 Å². The van der Waals surface area contributed by atoms with Crippen molar-refractivity contribution in [3.05, 3.63) is 66.1 Å². The third-order valence-corrected chi connectivity index (χ3v) is 4.55. The fraction of sp³-hybridized carbons (Fsp3) is 0.304. The maximum atomic E-state index is 14.2. The van der Waals surface area contributed by atoms with E-state index in [-0.39, 0.29) is 29.9 Å². The number of benzene rings is 2. The molecule has 0 aliphatic heterocycles. The first kappa shape index (κ1) is 21.5. The van der Waals surface area contributed by atoms with Crippen LogP contribution in [0.2, 0.25) is 0 Å². The molecule has 3 N–H and O–H groups in total. The van der Waals surface area contributed by atoms with Crippen LogP contribution in [-0.2, 0) is 5.41 Å². The standard InChI is InChI=1S/C23H27FN4O2/c1-15(2)30-19-11-9-17(10-12-19)26-21-20(24)13-25-22(28-21)27-18-7-5-16(6-8-18)23(3,4)14-29/h5-13,15,29H,14H2,1-4H3,(H2,25,26,27,28). The maximum absolute atomic E-state index is 14.2. The van der Waals surface area contributed by atoms with Gasteiger partial charge in [-0.3, -0.25) is 0 Å². The molecule has 0 aliphatic rings. The Morgan fingerprint density at radius 2 is 1.60 bits per heavy atom. The van der Waals surface area contributed by atoms with Crippen LogP contribution < -0.4 is 15.4 Å². The number of anilines is 4. The molecule has 0 bridgehead atoms. The molecule has 158 valence electrons. The number of nitrogens with one attached hydrogen (secondary N) is 2. The summed E-state index contributed by atoms with van der Waals surface area (Å²) in [7, 11) is 0. The third-order valence-electron chi connectivity index (χ3n) is 4.55. The highest BCUT2D eigenvalue weighted by Crippen LogP contribution is 2.26. The lowest BCUT2D eigenvalue weighted by Gasteiger charge is -2.22. The Kier molecular flexibility index (Phi) is 6.52. The van der Waals surface area contributed by atoms with Gasteiger partial charge in [-0.2, -0.15) is 4.98 Å². The lowest BCUT2D eigenvalue weighted by Crippen LogP contribution is -2.21. The van der Waals surface area contributed by atoms with Gasteiger partial charge in [-0.1, -0.05) is 26.0 Å². The number of ether oxygens (including phenoxy) is 1. The molecule has 7 heteroatoms. The van der Waals surface area contributed by atoms with Crippen LogP contribution in [0.1, 0.15) is 33.3 Å². The molecule has 0 radical (unpaired) electrons. The van der Waals surface area contributed by atoms with E-state index in [4.69, 9.17) is 4.74 Å². The van der Waals surface area contributed by atoms with E-state index in [0.29, 0.717) is 5.69 Å². The van der Waals surface area contributed by atoms with Crippen molar-refractivity contribution in [2.45, 2.75) is 39.2 Å². The van der Waals surface area contributed by atoms with Gasteiger partial charge in [0.2, 0.25) is 5.95 Å². The Balaban J connectivity index is 1.72. The Hall–Kier alpha value is -3.19. The van der Waals surface area contributed by atoms with E-state index in [1.54, 1.807) is 12.1 Å². The Labute approximate surface area is 176 Å². The van der Waals surface area contributed by atoms with Crippen LogP contribution in [-0.4, -0.2) is 27.8 Å². The summed E-state index contributed by atoms with van der Waals surface area (Å²) < 4.78 is 19.8. The highest BCUT2D eigenvalue weighted by atomic mass is 19.1. The van der Waals surface area contributed by atoms with Crippen molar-refractivity contribution >= 4 is 23.1 Å². The molecule has 0 atom stereocenters. The zero-order valence-electron chi connectivity index (χ0n) is 17.6. The molecular formula is C23H27FN4O2. The lowest BCUT2D eigenvalue weighted by atomic mass is 9.86. The van der Waals surface area contributed by atoms with E-state index >= 15 is 0 Å². The summed E-state index contributed by atoms with van der Waals surface area (Å²) in [6.45, 7) is 7.91. The Morgan fingerprint density at radius 3 is 2.20 bits per heavy atom. The SMILES string of the molecule is CC(C)Oc1ccc(Nc2nc(Nc3ccc(C(C)(C)CO)cc3)ncc2F)cc1. The van der Waals surface area contributed by atoms with Crippen molar-refractivity contribution in [1.82, 2.24) is 9.97 Å². The number of aliphatic hydroxyl groups is 1. The normalized spacial score (nSPS) is 11.4. The van der Waals surface area contributed by atoms with Gasteiger partial charge in [0.25, 0.3) is 0 Å². The highest BCUT2D eigenvalue weighted by molar-refractivity contribution is 5.60. The molecule has 2 aromatic carbocycles. The molecule has 30 heavy (non-hydrogen) atoms.